The number of likely N-dealkylation sites (tertiary alicyclic amines) is 1. The van der Waals surface area contributed by atoms with Crippen molar-refractivity contribution in [1.82, 2.24) is 24.9 Å². The Labute approximate surface area is 173 Å². The Morgan fingerprint density at radius 1 is 1.17 bits per heavy atom. The number of halogens is 1. The smallest absolute Gasteiger partial charge is 0.256 e. The van der Waals surface area contributed by atoms with Gasteiger partial charge in [-0.1, -0.05) is 12.1 Å². The summed E-state index contributed by atoms with van der Waals surface area (Å²) in [5, 5.41) is 8.37. The van der Waals surface area contributed by atoms with E-state index in [0.717, 1.165) is 12.8 Å². The zero-order valence-electron chi connectivity index (χ0n) is 16.6. The van der Waals surface area contributed by atoms with E-state index in [9.17, 15) is 9.18 Å². The molecule has 2 aromatic heterocycles. The minimum Gasteiger partial charge on any atom is -0.472 e. The predicted molar refractivity (Wildman–Crippen MR) is 107 cm³/mol. The van der Waals surface area contributed by atoms with E-state index < -0.39 is 6.67 Å². The monoisotopic (exact) mass is 407 g/mol. The number of piperidine rings is 1. The van der Waals surface area contributed by atoms with Gasteiger partial charge < -0.3 is 9.64 Å². The summed E-state index contributed by atoms with van der Waals surface area (Å²) in [5.74, 6) is 0.798. The Morgan fingerprint density at radius 3 is 2.67 bits per heavy atom. The Kier molecular flexibility index (Phi) is 4.69. The molecule has 0 radical (unpaired) electrons. The molecule has 1 aromatic carbocycles. The standard InChI is InChI=1S/C22H22FN5O2/c1-14-16-10-19(20(11-16)30-21-7-6-15(12-23)13-24-21)27(14)22(29)17-4-2-3-5-18(17)28-25-8-9-26-28/h2-9,13-14,16,19-20H,10-12H2,1H3. The number of para-hydroxylation sites is 1. The summed E-state index contributed by atoms with van der Waals surface area (Å²) in [7, 11) is 0. The first kappa shape index (κ1) is 18.7. The van der Waals surface area contributed by atoms with E-state index in [1.807, 2.05) is 29.2 Å². The number of benzene rings is 1. The van der Waals surface area contributed by atoms with Gasteiger partial charge in [-0.15, -0.1) is 0 Å². The number of ether oxygens (including phenoxy) is 1. The van der Waals surface area contributed by atoms with Crippen molar-refractivity contribution >= 4 is 5.91 Å². The number of hydrogen-bond acceptors (Lipinski definition) is 5. The summed E-state index contributed by atoms with van der Waals surface area (Å²) >= 11 is 0. The number of carbonyl (C=O) groups is 1. The maximum absolute atomic E-state index is 13.6. The van der Waals surface area contributed by atoms with Gasteiger partial charge in [0.05, 0.1) is 29.7 Å². The topological polar surface area (TPSA) is 73.1 Å². The van der Waals surface area contributed by atoms with E-state index in [-0.39, 0.29) is 24.1 Å². The molecule has 0 N–H and O–H groups in total. The number of pyridine rings is 1. The zero-order chi connectivity index (χ0) is 20.7. The lowest BCUT2D eigenvalue weighted by Crippen LogP contribution is -2.51. The van der Waals surface area contributed by atoms with Crippen LogP contribution >= 0.6 is 0 Å². The molecular weight excluding hydrogens is 385 g/mol. The number of rotatable bonds is 5. The van der Waals surface area contributed by atoms with Gasteiger partial charge in [-0.2, -0.15) is 15.0 Å². The number of aromatic nitrogens is 4. The molecule has 3 aromatic rings. The second-order valence-electron chi connectivity index (χ2n) is 7.88. The number of fused-ring (bicyclic) bond motifs is 2. The highest BCUT2D eigenvalue weighted by atomic mass is 19.1. The van der Waals surface area contributed by atoms with Gasteiger partial charge in [0.2, 0.25) is 5.88 Å². The molecule has 2 aliphatic rings. The van der Waals surface area contributed by atoms with E-state index in [2.05, 4.69) is 22.1 Å². The van der Waals surface area contributed by atoms with Crippen molar-refractivity contribution in [2.24, 2.45) is 5.92 Å². The molecule has 7 nitrogen and oxygen atoms in total. The van der Waals surface area contributed by atoms with Crippen molar-refractivity contribution in [3.8, 4) is 11.6 Å². The third-order valence-corrected chi connectivity index (χ3v) is 6.21. The summed E-state index contributed by atoms with van der Waals surface area (Å²) in [6, 6.07) is 10.8. The number of nitrogens with zero attached hydrogens (tertiary/aromatic N) is 5. The maximum atomic E-state index is 13.6. The Morgan fingerprint density at radius 2 is 1.97 bits per heavy atom. The number of amides is 1. The van der Waals surface area contributed by atoms with Crippen LogP contribution in [0.2, 0.25) is 0 Å². The van der Waals surface area contributed by atoms with E-state index in [1.165, 1.54) is 11.0 Å². The van der Waals surface area contributed by atoms with Gasteiger partial charge in [0.25, 0.3) is 5.91 Å². The van der Waals surface area contributed by atoms with Crippen molar-refractivity contribution in [3.05, 3.63) is 66.1 Å². The summed E-state index contributed by atoms with van der Waals surface area (Å²) in [6.45, 7) is 1.55. The molecule has 1 saturated carbocycles. The van der Waals surface area contributed by atoms with Crippen molar-refractivity contribution < 1.29 is 13.9 Å². The molecule has 1 aliphatic heterocycles. The van der Waals surface area contributed by atoms with Crippen LogP contribution in [0, 0.1) is 5.92 Å². The van der Waals surface area contributed by atoms with Crippen molar-refractivity contribution in [2.45, 2.75) is 44.6 Å². The van der Waals surface area contributed by atoms with E-state index in [1.54, 1.807) is 24.5 Å². The van der Waals surface area contributed by atoms with Crippen LogP contribution in [0.4, 0.5) is 4.39 Å². The van der Waals surface area contributed by atoms with Gasteiger partial charge in [0.15, 0.2) is 0 Å². The first-order valence-corrected chi connectivity index (χ1v) is 10.1. The third-order valence-electron chi connectivity index (χ3n) is 6.21. The average Bonchev–Trinajstić information content (AvgIpc) is 3.51. The molecule has 0 spiro atoms. The Bertz CT molecular complexity index is 1040. The summed E-state index contributed by atoms with van der Waals surface area (Å²) in [4.78, 5) is 21.2. The molecule has 3 heterocycles. The zero-order valence-corrected chi connectivity index (χ0v) is 16.6. The highest BCUT2D eigenvalue weighted by Crippen LogP contribution is 2.44. The van der Waals surface area contributed by atoms with Crippen LogP contribution in [0.1, 0.15) is 35.7 Å². The van der Waals surface area contributed by atoms with Crippen LogP contribution in [0.15, 0.2) is 55.0 Å². The van der Waals surface area contributed by atoms with Gasteiger partial charge in [-0.3, -0.25) is 4.79 Å². The molecule has 1 aliphatic carbocycles. The normalized spacial score (nSPS) is 24.9. The minimum absolute atomic E-state index is 0.0289. The predicted octanol–water partition coefficient (Wildman–Crippen LogP) is 3.20. The van der Waals surface area contributed by atoms with Gasteiger partial charge in [-0.25, -0.2) is 9.37 Å². The molecule has 1 saturated heterocycles. The molecule has 1 amide bonds. The molecule has 2 fully saturated rings. The lowest BCUT2D eigenvalue weighted by Gasteiger charge is -2.38. The molecule has 30 heavy (non-hydrogen) atoms. The molecule has 4 unspecified atom stereocenters. The van der Waals surface area contributed by atoms with Crippen molar-refractivity contribution in [2.75, 3.05) is 0 Å². The second kappa shape index (κ2) is 7.51. The number of hydrogen-bond donors (Lipinski definition) is 0. The quantitative estimate of drug-likeness (QED) is 0.649. The fraction of sp³-hybridized carbons (Fsp3) is 0.364. The minimum atomic E-state index is -0.550. The lowest BCUT2D eigenvalue weighted by atomic mass is 9.98. The van der Waals surface area contributed by atoms with E-state index >= 15 is 0 Å². The summed E-state index contributed by atoms with van der Waals surface area (Å²) < 4.78 is 18.8. The molecule has 154 valence electrons. The van der Waals surface area contributed by atoms with Gasteiger partial charge in [-0.05, 0) is 43.9 Å². The fourth-order valence-corrected chi connectivity index (χ4v) is 4.71. The highest BCUT2D eigenvalue weighted by Gasteiger charge is 2.53. The Hall–Kier alpha value is -3.29. The highest BCUT2D eigenvalue weighted by molar-refractivity contribution is 5.98. The lowest BCUT2D eigenvalue weighted by molar-refractivity contribution is 0.0314. The van der Waals surface area contributed by atoms with E-state index in [0.29, 0.717) is 28.6 Å². The summed E-state index contributed by atoms with van der Waals surface area (Å²) in [6.07, 6.45) is 6.32. The largest absolute Gasteiger partial charge is 0.472 e. The third kappa shape index (κ3) is 3.12. The van der Waals surface area contributed by atoms with Crippen LogP contribution in [0.5, 0.6) is 5.88 Å². The van der Waals surface area contributed by atoms with Crippen molar-refractivity contribution in [3.63, 3.8) is 0 Å². The van der Waals surface area contributed by atoms with Crippen LogP contribution in [-0.2, 0) is 6.67 Å². The van der Waals surface area contributed by atoms with Crippen molar-refractivity contribution in [1.29, 1.82) is 0 Å². The first-order chi connectivity index (χ1) is 14.7. The first-order valence-electron chi connectivity index (χ1n) is 10.1. The van der Waals surface area contributed by atoms with Gasteiger partial charge in [0.1, 0.15) is 12.8 Å². The average molecular weight is 407 g/mol. The van der Waals surface area contributed by atoms with Crippen LogP contribution in [0.25, 0.3) is 5.69 Å². The molecular formula is C22H22FN5O2. The molecule has 5 rings (SSSR count). The van der Waals surface area contributed by atoms with Crippen LogP contribution < -0.4 is 4.74 Å². The summed E-state index contributed by atoms with van der Waals surface area (Å²) in [5.41, 5.74) is 1.74. The number of alkyl halides is 1. The fourth-order valence-electron chi connectivity index (χ4n) is 4.71. The molecule has 8 heteroatoms. The SMILES string of the molecule is CC1C2CC(Oc3ccc(CF)cn3)C(C2)N1C(=O)c1ccccc1-n1nccn1. The van der Waals surface area contributed by atoms with E-state index in [4.69, 9.17) is 4.74 Å². The van der Waals surface area contributed by atoms with Gasteiger partial charge >= 0.3 is 0 Å². The maximum Gasteiger partial charge on any atom is 0.256 e. The van der Waals surface area contributed by atoms with Gasteiger partial charge in [0, 0.05) is 23.9 Å². The van der Waals surface area contributed by atoms with Crippen LogP contribution in [0.3, 0.4) is 0 Å². The molecule has 2 bridgehead atoms. The molecule has 4 atom stereocenters. The Balaban J connectivity index is 1.40. The number of carbonyl (C=O) groups excluding carboxylic acids is 1. The second-order valence-corrected chi connectivity index (χ2v) is 7.88. The van der Waals surface area contributed by atoms with Crippen LogP contribution in [-0.4, -0.2) is 49.0 Å².